The van der Waals surface area contributed by atoms with Crippen LogP contribution in [0.2, 0.25) is 0 Å². The summed E-state index contributed by atoms with van der Waals surface area (Å²) in [5.74, 6) is 0.955. The van der Waals surface area contributed by atoms with Gasteiger partial charge in [0.15, 0.2) is 0 Å². The molecule has 1 heteroatoms. The van der Waals surface area contributed by atoms with E-state index in [1.165, 1.54) is 37.7 Å². The maximum Gasteiger partial charge on any atom is 0.0720 e. The van der Waals surface area contributed by atoms with Crippen LogP contribution in [0.3, 0.4) is 0 Å². The van der Waals surface area contributed by atoms with Crippen LogP contribution >= 0.6 is 0 Å². The molecule has 0 atom stereocenters. The third kappa shape index (κ3) is 3.34. The van der Waals surface area contributed by atoms with E-state index < -0.39 is 0 Å². The summed E-state index contributed by atoms with van der Waals surface area (Å²) in [5.41, 5.74) is 1.29. The molecule has 1 aromatic carbocycles. The van der Waals surface area contributed by atoms with Crippen LogP contribution in [0.5, 0.6) is 0 Å². The van der Waals surface area contributed by atoms with Gasteiger partial charge < -0.3 is 4.74 Å². The van der Waals surface area contributed by atoms with Crippen LogP contribution in [-0.2, 0) is 11.3 Å². The van der Waals surface area contributed by atoms with E-state index in [4.69, 9.17) is 4.74 Å². The molecule has 1 aliphatic rings. The van der Waals surface area contributed by atoms with Crippen molar-refractivity contribution in [3.8, 4) is 0 Å². The Balaban J connectivity index is 1.72. The van der Waals surface area contributed by atoms with Crippen LogP contribution in [0, 0.1) is 5.92 Å². The first-order valence-corrected chi connectivity index (χ1v) is 6.54. The lowest BCUT2D eigenvalue weighted by Crippen LogP contribution is -2.21. The number of hydrogen-bond donors (Lipinski definition) is 0. The van der Waals surface area contributed by atoms with E-state index in [9.17, 15) is 0 Å². The first-order chi connectivity index (χ1) is 7.88. The van der Waals surface area contributed by atoms with Gasteiger partial charge in [0, 0.05) is 0 Å². The number of benzene rings is 1. The lowest BCUT2D eigenvalue weighted by Gasteiger charge is -2.27. The zero-order chi connectivity index (χ0) is 11.2. The molecule has 0 amide bonds. The fourth-order valence-corrected chi connectivity index (χ4v) is 2.50. The Morgan fingerprint density at radius 3 is 2.38 bits per heavy atom. The van der Waals surface area contributed by atoms with E-state index in [-0.39, 0.29) is 0 Å². The molecular formula is C15H22O. The van der Waals surface area contributed by atoms with Gasteiger partial charge in [-0.05, 0) is 37.2 Å². The highest BCUT2D eigenvalue weighted by Crippen LogP contribution is 2.28. The van der Waals surface area contributed by atoms with Gasteiger partial charge in [-0.1, -0.05) is 43.7 Å². The predicted octanol–water partition coefficient (Wildman–Crippen LogP) is 4.17. The number of ether oxygens (including phenoxy) is 1. The Morgan fingerprint density at radius 2 is 1.75 bits per heavy atom. The summed E-state index contributed by atoms with van der Waals surface area (Å²) in [5, 5.41) is 0. The van der Waals surface area contributed by atoms with Crippen LogP contribution in [0.15, 0.2) is 30.3 Å². The van der Waals surface area contributed by atoms with Crippen molar-refractivity contribution >= 4 is 0 Å². The van der Waals surface area contributed by atoms with E-state index in [2.05, 4.69) is 37.3 Å². The molecule has 16 heavy (non-hydrogen) atoms. The van der Waals surface area contributed by atoms with Gasteiger partial charge in [-0.25, -0.2) is 0 Å². The highest BCUT2D eigenvalue weighted by Gasteiger charge is 2.20. The topological polar surface area (TPSA) is 9.23 Å². The highest BCUT2D eigenvalue weighted by atomic mass is 16.5. The first-order valence-electron chi connectivity index (χ1n) is 6.54. The van der Waals surface area contributed by atoms with Gasteiger partial charge in [0.25, 0.3) is 0 Å². The van der Waals surface area contributed by atoms with Gasteiger partial charge in [-0.3, -0.25) is 0 Å². The molecule has 1 aliphatic carbocycles. The van der Waals surface area contributed by atoms with Gasteiger partial charge in [0.05, 0.1) is 12.7 Å². The standard InChI is InChI=1S/C15H22O/c1-2-13-8-10-15(11-9-13)16-12-14-6-4-3-5-7-14/h3-7,13,15H,2,8-12H2,1H3. The van der Waals surface area contributed by atoms with Crippen molar-refractivity contribution in [2.75, 3.05) is 0 Å². The third-order valence-corrected chi connectivity index (χ3v) is 3.70. The maximum atomic E-state index is 5.96. The minimum atomic E-state index is 0.503. The lowest BCUT2D eigenvalue weighted by molar-refractivity contribution is 0.00682. The van der Waals surface area contributed by atoms with Crippen LogP contribution in [0.4, 0.5) is 0 Å². The maximum absolute atomic E-state index is 5.96. The quantitative estimate of drug-likeness (QED) is 0.737. The Morgan fingerprint density at radius 1 is 1.06 bits per heavy atom. The van der Waals surface area contributed by atoms with Crippen LogP contribution < -0.4 is 0 Å². The van der Waals surface area contributed by atoms with Crippen molar-refractivity contribution in [2.45, 2.75) is 51.7 Å². The monoisotopic (exact) mass is 218 g/mol. The van der Waals surface area contributed by atoms with Gasteiger partial charge in [-0.15, -0.1) is 0 Å². The number of rotatable bonds is 4. The molecule has 0 bridgehead atoms. The largest absolute Gasteiger partial charge is 0.374 e. The molecule has 0 aromatic heterocycles. The Kier molecular flexibility index (Phi) is 4.41. The highest BCUT2D eigenvalue weighted by molar-refractivity contribution is 5.13. The van der Waals surface area contributed by atoms with Gasteiger partial charge in [-0.2, -0.15) is 0 Å². The molecule has 0 aliphatic heterocycles. The Labute approximate surface area is 98.8 Å². The van der Waals surface area contributed by atoms with Crippen LogP contribution in [0.25, 0.3) is 0 Å². The van der Waals surface area contributed by atoms with E-state index in [0.717, 1.165) is 12.5 Å². The second-order valence-corrected chi connectivity index (χ2v) is 4.85. The zero-order valence-corrected chi connectivity index (χ0v) is 10.2. The molecule has 1 saturated carbocycles. The summed E-state index contributed by atoms with van der Waals surface area (Å²) in [7, 11) is 0. The smallest absolute Gasteiger partial charge is 0.0720 e. The minimum absolute atomic E-state index is 0.503. The van der Waals surface area contributed by atoms with Gasteiger partial charge in [0.2, 0.25) is 0 Å². The van der Waals surface area contributed by atoms with E-state index in [1.54, 1.807) is 0 Å². The molecule has 88 valence electrons. The van der Waals surface area contributed by atoms with Gasteiger partial charge in [0.1, 0.15) is 0 Å². The third-order valence-electron chi connectivity index (χ3n) is 3.70. The number of hydrogen-bond acceptors (Lipinski definition) is 1. The molecule has 1 aromatic rings. The summed E-state index contributed by atoms with van der Waals surface area (Å²) in [4.78, 5) is 0. The average molecular weight is 218 g/mol. The van der Waals surface area contributed by atoms with Crippen molar-refractivity contribution in [1.29, 1.82) is 0 Å². The Bertz CT molecular complexity index is 286. The molecule has 0 saturated heterocycles. The summed E-state index contributed by atoms with van der Waals surface area (Å²) in [6, 6.07) is 10.5. The summed E-state index contributed by atoms with van der Waals surface area (Å²) in [6.45, 7) is 3.08. The van der Waals surface area contributed by atoms with E-state index >= 15 is 0 Å². The fourth-order valence-electron chi connectivity index (χ4n) is 2.50. The summed E-state index contributed by atoms with van der Waals surface area (Å²) in [6.07, 6.45) is 7.07. The van der Waals surface area contributed by atoms with Crippen molar-refractivity contribution in [2.24, 2.45) is 5.92 Å². The first kappa shape index (κ1) is 11.7. The normalized spacial score (nSPS) is 25.6. The fraction of sp³-hybridized carbons (Fsp3) is 0.600. The predicted molar refractivity (Wildman–Crippen MR) is 67.3 cm³/mol. The second kappa shape index (κ2) is 6.05. The Hall–Kier alpha value is -0.820. The second-order valence-electron chi connectivity index (χ2n) is 4.85. The molecule has 0 spiro atoms. The van der Waals surface area contributed by atoms with Crippen LogP contribution in [-0.4, -0.2) is 6.10 Å². The van der Waals surface area contributed by atoms with Crippen molar-refractivity contribution < 1.29 is 4.74 Å². The van der Waals surface area contributed by atoms with E-state index in [0.29, 0.717) is 6.10 Å². The summed E-state index contributed by atoms with van der Waals surface area (Å²) >= 11 is 0. The minimum Gasteiger partial charge on any atom is -0.374 e. The summed E-state index contributed by atoms with van der Waals surface area (Å²) < 4.78 is 5.96. The lowest BCUT2D eigenvalue weighted by atomic mass is 9.86. The molecule has 0 heterocycles. The zero-order valence-electron chi connectivity index (χ0n) is 10.2. The van der Waals surface area contributed by atoms with Gasteiger partial charge >= 0.3 is 0 Å². The van der Waals surface area contributed by atoms with Crippen molar-refractivity contribution in [3.63, 3.8) is 0 Å². The van der Waals surface area contributed by atoms with Crippen molar-refractivity contribution in [1.82, 2.24) is 0 Å². The molecule has 2 rings (SSSR count). The molecular weight excluding hydrogens is 196 g/mol. The molecule has 0 radical (unpaired) electrons. The van der Waals surface area contributed by atoms with Crippen molar-refractivity contribution in [3.05, 3.63) is 35.9 Å². The molecule has 0 unspecified atom stereocenters. The molecule has 1 nitrogen and oxygen atoms in total. The van der Waals surface area contributed by atoms with Crippen LogP contribution in [0.1, 0.15) is 44.6 Å². The van der Waals surface area contributed by atoms with E-state index in [1.807, 2.05) is 0 Å². The average Bonchev–Trinajstić information content (AvgIpc) is 2.38. The molecule has 0 N–H and O–H groups in total. The molecule has 1 fully saturated rings. The SMILES string of the molecule is CCC1CCC(OCc2ccccc2)CC1.